The molecule has 0 atom stereocenters. The summed E-state index contributed by atoms with van der Waals surface area (Å²) in [4.78, 5) is 0. The molecule has 0 fully saturated rings. The monoisotopic (exact) mass is 477 g/mol. The first-order valence-corrected chi connectivity index (χ1v) is 6.86. The minimum atomic E-state index is 1.20. The third-order valence-corrected chi connectivity index (χ3v) is 5.10. The maximum absolute atomic E-state index is 2.34. The van der Waals surface area contributed by atoms with Gasteiger partial charge in [0.25, 0.3) is 0 Å². The first kappa shape index (κ1) is 8.20. The molecule has 0 aromatic carbocycles. The van der Waals surface area contributed by atoms with E-state index in [1.165, 1.54) is 17.3 Å². The van der Waals surface area contributed by atoms with E-state index in [1.54, 1.807) is 11.1 Å². The molecule has 0 aromatic rings. The molecule has 49 valence electrons. The van der Waals surface area contributed by atoms with Crippen molar-refractivity contribution in [2.45, 2.75) is 4.47 Å². The molecule has 0 spiro atoms. The Morgan fingerprint density at radius 3 is 2.30 bits per heavy atom. The fourth-order valence-electron chi connectivity index (χ4n) is 1.05. The van der Waals surface area contributed by atoms with Crippen LogP contribution in [-0.4, -0.2) is 66.9 Å². The van der Waals surface area contributed by atoms with Gasteiger partial charge in [0.2, 0.25) is 0 Å². The van der Waals surface area contributed by atoms with E-state index in [-0.39, 0.29) is 0 Å². The van der Waals surface area contributed by atoms with Crippen LogP contribution in [-0.2, 0) is 4.47 Å². The fraction of sp³-hybridized carbons (Fsp3) is 0.143. The van der Waals surface area contributed by atoms with E-state index in [2.05, 4.69) is 73.0 Å². The Labute approximate surface area is 99.9 Å². The van der Waals surface area contributed by atoms with Gasteiger partial charge in [-0.25, -0.2) is 0 Å². The van der Waals surface area contributed by atoms with Gasteiger partial charge in [0.05, 0.1) is 0 Å². The van der Waals surface area contributed by atoms with Crippen molar-refractivity contribution in [3.05, 3.63) is 11.6 Å². The zero-order chi connectivity index (χ0) is 7.30. The Bertz CT molecular complexity index is 304. The van der Waals surface area contributed by atoms with Crippen molar-refractivity contribution in [3.8, 4) is 11.1 Å². The summed E-state index contributed by atoms with van der Waals surface area (Å²) in [6.07, 6.45) is 0. The molecule has 2 aliphatic rings. The molecule has 2 aliphatic carbocycles. The number of fused-ring (bicyclic) bond motifs is 1. The molecule has 3 heteroatoms. The zero-order valence-corrected chi connectivity index (χ0v) is 12.0. The fourth-order valence-corrected chi connectivity index (χ4v) is 5.11. The van der Waals surface area contributed by atoms with E-state index in [0.717, 1.165) is 0 Å². The van der Waals surface area contributed by atoms with Gasteiger partial charge in [0, 0.05) is 0 Å². The summed E-state index contributed by atoms with van der Waals surface area (Å²) in [6.45, 7) is 0. The molecule has 0 unspecified atom stereocenters. The molecule has 10 heavy (non-hydrogen) atoms. The molecule has 0 aliphatic heterocycles. The number of hydrogen-bond acceptors (Lipinski definition) is 0. The van der Waals surface area contributed by atoms with Crippen LogP contribution in [0.25, 0.3) is 11.1 Å². The molecule has 0 saturated carbocycles. The number of benzene rings is 1. The molecule has 0 aromatic heterocycles. The first-order chi connectivity index (χ1) is 4.75. The quantitative estimate of drug-likeness (QED) is 0.466. The van der Waals surface area contributed by atoms with Gasteiger partial charge in [-0.3, -0.25) is 0 Å². The van der Waals surface area contributed by atoms with Crippen LogP contribution < -0.4 is 7.22 Å². The summed E-state index contributed by atoms with van der Waals surface area (Å²) in [5.74, 6) is 0. The Hall–Kier alpha value is 1.59. The van der Waals surface area contributed by atoms with Crippen molar-refractivity contribution in [2.75, 3.05) is 0 Å². The van der Waals surface area contributed by atoms with Crippen LogP contribution in [0.3, 0.4) is 0 Å². The normalized spacial score (nSPS) is 11.7. The third kappa shape index (κ3) is 1.08. The van der Waals surface area contributed by atoms with Crippen molar-refractivity contribution >= 4 is 74.1 Å². The van der Waals surface area contributed by atoms with Gasteiger partial charge in [-0.1, -0.05) is 0 Å². The third-order valence-electron chi connectivity index (χ3n) is 1.67. The van der Waals surface area contributed by atoms with Gasteiger partial charge >= 0.3 is 101 Å². The van der Waals surface area contributed by atoms with E-state index < -0.39 is 0 Å². The van der Waals surface area contributed by atoms with Crippen molar-refractivity contribution in [3.63, 3.8) is 0 Å². The molecule has 0 bridgehead atoms. The van der Waals surface area contributed by atoms with E-state index in [0.29, 0.717) is 0 Å². The average Bonchev–Trinajstić information content (AvgIpc) is 2.38. The Morgan fingerprint density at radius 2 is 1.90 bits per heavy atom. The van der Waals surface area contributed by atoms with Crippen molar-refractivity contribution < 1.29 is 0 Å². The average molecular weight is 470 g/mol. The minimum absolute atomic E-state index is 1.20. The van der Waals surface area contributed by atoms with Crippen LogP contribution in [0.15, 0.2) is 6.07 Å². The van der Waals surface area contributed by atoms with Gasteiger partial charge in [0.1, 0.15) is 0 Å². The molecule has 3 radical (unpaired) electrons. The molecule has 2 rings (SSSR count). The molecule has 0 saturated heterocycles. The summed E-state index contributed by atoms with van der Waals surface area (Å²) in [7, 11) is 0. The van der Waals surface area contributed by atoms with Crippen molar-refractivity contribution in [1.29, 1.82) is 0 Å². The number of hydrogen-bond donors (Lipinski definition) is 0. The number of rotatable bonds is 1. The Balaban J connectivity index is 2.54. The van der Waals surface area contributed by atoms with Gasteiger partial charge in [-0.2, -0.15) is 0 Å². The predicted octanol–water partition coefficient (Wildman–Crippen LogP) is -1.08. The molecular formula is C7H3Te3. The molecular weight excluding hydrogens is 467 g/mol. The zero-order valence-electron chi connectivity index (χ0n) is 5.01. The van der Waals surface area contributed by atoms with Crippen LogP contribution in [0.5, 0.6) is 0 Å². The topological polar surface area (TPSA) is 0 Å². The molecule has 0 nitrogen and oxygen atoms in total. The van der Waals surface area contributed by atoms with E-state index in [9.17, 15) is 0 Å². The first-order valence-electron chi connectivity index (χ1n) is 2.88. The predicted molar refractivity (Wildman–Crippen MR) is 45.7 cm³/mol. The molecule has 0 heterocycles. The second-order valence-corrected chi connectivity index (χ2v) is 5.42. The summed E-state index contributed by atoms with van der Waals surface area (Å²) in [5, 5.41) is 0. The Kier molecular flexibility index (Phi) is 2.31. The van der Waals surface area contributed by atoms with Crippen LogP contribution >= 0.6 is 0 Å². The second-order valence-electron chi connectivity index (χ2n) is 2.26. The maximum atomic E-state index is 2.34. The summed E-state index contributed by atoms with van der Waals surface area (Å²) in [5.41, 5.74) is 4.64. The summed E-state index contributed by atoms with van der Waals surface area (Å²) < 4.78 is 4.27. The Morgan fingerprint density at radius 1 is 1.20 bits per heavy atom. The van der Waals surface area contributed by atoms with Crippen molar-refractivity contribution in [2.24, 2.45) is 0 Å². The molecule has 0 amide bonds. The van der Waals surface area contributed by atoms with E-state index >= 15 is 0 Å². The van der Waals surface area contributed by atoms with Gasteiger partial charge in [-0.05, 0) is 0 Å². The SMILES string of the molecule is [Te]Cc1cc2c([Te])c-2c1[Te]. The van der Waals surface area contributed by atoms with E-state index in [1.807, 2.05) is 0 Å². The van der Waals surface area contributed by atoms with Crippen LogP contribution in [0.4, 0.5) is 0 Å². The van der Waals surface area contributed by atoms with Gasteiger partial charge in [-0.15, -0.1) is 0 Å². The van der Waals surface area contributed by atoms with Gasteiger partial charge < -0.3 is 0 Å². The van der Waals surface area contributed by atoms with E-state index in [4.69, 9.17) is 0 Å². The van der Waals surface area contributed by atoms with Crippen LogP contribution in [0.1, 0.15) is 5.56 Å². The van der Waals surface area contributed by atoms with Crippen molar-refractivity contribution in [1.82, 2.24) is 0 Å². The van der Waals surface area contributed by atoms with Crippen LogP contribution in [0.2, 0.25) is 0 Å². The summed E-state index contributed by atoms with van der Waals surface area (Å²) in [6, 6.07) is 2.34. The summed E-state index contributed by atoms with van der Waals surface area (Å²) >= 11 is 6.46. The second kappa shape index (κ2) is 2.82. The van der Waals surface area contributed by atoms with Gasteiger partial charge in [0.15, 0.2) is 0 Å². The standard InChI is InChI=1S/C7H3Te3/c8-2-3-1-4-5(6(3)9)7(4)10/h1H,2H2. The molecule has 0 N–H and O–H groups in total. The van der Waals surface area contributed by atoms with Crippen LogP contribution in [0, 0.1) is 0 Å².